The van der Waals surface area contributed by atoms with Crippen molar-refractivity contribution in [3.8, 4) is 0 Å². The summed E-state index contributed by atoms with van der Waals surface area (Å²) in [5.41, 5.74) is 1.51. The number of piperidine rings is 1. The van der Waals surface area contributed by atoms with Gasteiger partial charge in [-0.1, -0.05) is 11.6 Å². The first-order chi connectivity index (χ1) is 12.6. The highest BCUT2D eigenvalue weighted by molar-refractivity contribution is 6.29. The molecule has 7 nitrogen and oxygen atoms in total. The number of aromatic nitrogens is 3. The smallest absolute Gasteiger partial charge is 0.410 e. The molecule has 1 N–H and O–H groups in total. The summed E-state index contributed by atoms with van der Waals surface area (Å²) in [6.07, 6.45) is 0.168. The van der Waals surface area contributed by atoms with E-state index in [9.17, 15) is 9.18 Å². The fourth-order valence-electron chi connectivity index (χ4n) is 3.01. The number of halogens is 2. The Hall–Kier alpha value is -2.22. The van der Waals surface area contributed by atoms with Crippen molar-refractivity contribution in [3.05, 3.63) is 23.0 Å². The Morgan fingerprint density at radius 1 is 1.37 bits per heavy atom. The number of hydrogen-bond donors (Lipinski definition) is 1. The minimum absolute atomic E-state index is 0.0210. The number of likely N-dealkylation sites (tertiary alicyclic amines) is 1. The number of nitrogens with one attached hydrogen (secondary N) is 1. The van der Waals surface area contributed by atoms with Crippen molar-refractivity contribution in [2.75, 3.05) is 18.4 Å². The molecule has 9 heteroatoms. The first-order valence-electron chi connectivity index (χ1n) is 8.79. The van der Waals surface area contributed by atoms with Gasteiger partial charge >= 0.3 is 6.09 Å². The second-order valence-corrected chi connectivity index (χ2v) is 8.14. The topological polar surface area (TPSA) is 80.2 Å². The van der Waals surface area contributed by atoms with Crippen LogP contribution in [0.3, 0.4) is 0 Å². The fraction of sp³-hybridized carbons (Fsp3) is 0.556. The summed E-state index contributed by atoms with van der Waals surface area (Å²) in [4.78, 5) is 26.5. The van der Waals surface area contributed by atoms with Crippen LogP contribution in [-0.2, 0) is 4.74 Å². The number of nitrogens with zero attached hydrogens (tertiary/aromatic N) is 4. The molecule has 0 radical (unpaired) electrons. The number of aryl methyl sites for hydroxylation is 1. The van der Waals surface area contributed by atoms with E-state index >= 15 is 0 Å². The van der Waals surface area contributed by atoms with Gasteiger partial charge in [-0.2, -0.15) is 0 Å². The molecule has 0 aromatic carbocycles. The Morgan fingerprint density at radius 2 is 2.11 bits per heavy atom. The van der Waals surface area contributed by atoms with Gasteiger partial charge in [0, 0.05) is 19.0 Å². The Balaban J connectivity index is 1.74. The minimum Gasteiger partial charge on any atom is -0.444 e. The van der Waals surface area contributed by atoms with Gasteiger partial charge in [0.05, 0.1) is 18.3 Å². The number of rotatable bonds is 2. The Labute approximate surface area is 162 Å². The van der Waals surface area contributed by atoms with E-state index in [0.29, 0.717) is 28.7 Å². The summed E-state index contributed by atoms with van der Waals surface area (Å²) < 4.78 is 19.5. The lowest BCUT2D eigenvalue weighted by Gasteiger charge is -2.36. The standard InChI is InChI=1S/C18H23ClFN5O2/c1-10-5-14(19)23-13-7-21-16(24-15(10)13)22-12-6-11(20)8-25(9-12)17(26)27-18(2,3)4/h5,7,11-12H,6,8-9H2,1-4H3,(H,21,22,24)/t11-,12-/m0/s1. The molecular formula is C18H23ClFN5O2. The molecule has 2 aromatic heterocycles. The van der Waals surface area contributed by atoms with E-state index in [2.05, 4.69) is 20.3 Å². The molecule has 0 saturated carbocycles. The lowest BCUT2D eigenvalue weighted by atomic mass is 10.0. The number of carbonyl (C=O) groups excluding carboxylic acids is 1. The van der Waals surface area contributed by atoms with Crippen LogP contribution in [0.1, 0.15) is 32.8 Å². The van der Waals surface area contributed by atoms with Crippen LogP contribution in [0, 0.1) is 6.92 Å². The van der Waals surface area contributed by atoms with Gasteiger partial charge in [0.2, 0.25) is 5.95 Å². The largest absolute Gasteiger partial charge is 0.444 e. The molecule has 1 aliphatic heterocycles. The van der Waals surface area contributed by atoms with Crippen molar-refractivity contribution >= 4 is 34.7 Å². The summed E-state index contributed by atoms with van der Waals surface area (Å²) in [5.74, 6) is 0.359. The van der Waals surface area contributed by atoms with Crippen molar-refractivity contribution in [1.82, 2.24) is 19.9 Å². The molecule has 0 bridgehead atoms. The summed E-state index contributed by atoms with van der Waals surface area (Å²) in [5, 5.41) is 3.50. The highest BCUT2D eigenvalue weighted by Crippen LogP contribution is 2.22. The zero-order valence-corrected chi connectivity index (χ0v) is 16.5. The molecule has 2 aromatic rings. The van der Waals surface area contributed by atoms with E-state index in [4.69, 9.17) is 16.3 Å². The molecule has 3 heterocycles. The average molecular weight is 396 g/mol. The predicted molar refractivity (Wildman–Crippen MR) is 102 cm³/mol. The monoisotopic (exact) mass is 395 g/mol. The molecule has 3 rings (SSSR count). The van der Waals surface area contributed by atoms with E-state index in [1.54, 1.807) is 33.0 Å². The van der Waals surface area contributed by atoms with Gasteiger partial charge in [0.1, 0.15) is 22.4 Å². The number of hydrogen-bond acceptors (Lipinski definition) is 6. The first kappa shape index (κ1) is 19.5. The number of ether oxygens (including phenoxy) is 1. The number of alkyl halides is 1. The average Bonchev–Trinajstić information content (AvgIpc) is 2.53. The SMILES string of the molecule is Cc1cc(Cl)nc2cnc(N[C@H]3C[C@H](F)CN(C(=O)OC(C)(C)C)C3)nc12. The molecule has 1 saturated heterocycles. The third kappa shape index (κ3) is 4.94. The van der Waals surface area contributed by atoms with Crippen molar-refractivity contribution in [2.24, 2.45) is 0 Å². The van der Waals surface area contributed by atoms with Gasteiger partial charge in [-0.25, -0.2) is 24.1 Å². The summed E-state index contributed by atoms with van der Waals surface area (Å²) in [6.45, 7) is 7.56. The second-order valence-electron chi connectivity index (χ2n) is 7.75. The maximum absolute atomic E-state index is 14.2. The normalized spacial score (nSPS) is 20.6. The van der Waals surface area contributed by atoms with Crippen LogP contribution >= 0.6 is 11.6 Å². The zero-order chi connectivity index (χ0) is 19.8. The fourth-order valence-corrected chi connectivity index (χ4v) is 3.27. The molecule has 1 fully saturated rings. The molecule has 1 amide bonds. The molecule has 1 aliphatic rings. The van der Waals surface area contributed by atoms with Crippen LogP contribution in [0.25, 0.3) is 11.0 Å². The van der Waals surface area contributed by atoms with Crippen LogP contribution < -0.4 is 5.32 Å². The van der Waals surface area contributed by atoms with Crippen LogP contribution in [0.4, 0.5) is 15.1 Å². The first-order valence-corrected chi connectivity index (χ1v) is 9.17. The Kier molecular flexibility index (Phi) is 5.37. The van der Waals surface area contributed by atoms with Gasteiger partial charge in [-0.3, -0.25) is 0 Å². The van der Waals surface area contributed by atoms with Crippen molar-refractivity contribution in [2.45, 2.75) is 51.9 Å². The van der Waals surface area contributed by atoms with Crippen molar-refractivity contribution in [3.63, 3.8) is 0 Å². The third-order valence-electron chi connectivity index (χ3n) is 4.09. The van der Waals surface area contributed by atoms with E-state index in [1.165, 1.54) is 4.90 Å². The molecule has 2 atom stereocenters. The molecule has 146 valence electrons. The molecule has 0 spiro atoms. The number of amides is 1. The molecule has 0 unspecified atom stereocenters. The van der Waals surface area contributed by atoms with Crippen LogP contribution in [0.2, 0.25) is 5.15 Å². The van der Waals surface area contributed by atoms with E-state index in [0.717, 1.165) is 5.56 Å². The lowest BCUT2D eigenvalue weighted by Crippen LogP contribution is -2.51. The van der Waals surface area contributed by atoms with Gasteiger partial charge in [-0.15, -0.1) is 0 Å². The summed E-state index contributed by atoms with van der Waals surface area (Å²) >= 11 is 5.95. The Bertz CT molecular complexity index is 857. The van der Waals surface area contributed by atoms with Crippen LogP contribution in [0.15, 0.2) is 12.3 Å². The maximum Gasteiger partial charge on any atom is 0.410 e. The second kappa shape index (κ2) is 7.42. The lowest BCUT2D eigenvalue weighted by molar-refractivity contribution is 0.0124. The zero-order valence-electron chi connectivity index (χ0n) is 15.8. The summed E-state index contributed by atoms with van der Waals surface area (Å²) in [7, 11) is 0. The Morgan fingerprint density at radius 3 is 2.81 bits per heavy atom. The minimum atomic E-state index is -1.15. The highest BCUT2D eigenvalue weighted by Gasteiger charge is 2.33. The van der Waals surface area contributed by atoms with Crippen LogP contribution in [0.5, 0.6) is 0 Å². The third-order valence-corrected chi connectivity index (χ3v) is 4.28. The van der Waals surface area contributed by atoms with Gasteiger partial charge in [-0.05, 0) is 39.3 Å². The maximum atomic E-state index is 14.2. The number of anilines is 1. The number of pyridine rings is 1. The van der Waals surface area contributed by atoms with Gasteiger partial charge in [0.15, 0.2) is 0 Å². The summed E-state index contributed by atoms with van der Waals surface area (Å²) in [6, 6.07) is 1.41. The van der Waals surface area contributed by atoms with Crippen molar-refractivity contribution in [1.29, 1.82) is 0 Å². The number of carbonyl (C=O) groups is 1. The van der Waals surface area contributed by atoms with Crippen molar-refractivity contribution < 1.29 is 13.9 Å². The molecule has 27 heavy (non-hydrogen) atoms. The van der Waals surface area contributed by atoms with E-state index in [-0.39, 0.29) is 19.0 Å². The van der Waals surface area contributed by atoms with Crippen LogP contribution in [-0.4, -0.2) is 56.8 Å². The molecule has 0 aliphatic carbocycles. The quantitative estimate of drug-likeness (QED) is 0.780. The van der Waals surface area contributed by atoms with Gasteiger partial charge < -0.3 is 15.0 Å². The van der Waals surface area contributed by atoms with E-state index < -0.39 is 17.9 Å². The highest BCUT2D eigenvalue weighted by atomic mass is 35.5. The molecular weight excluding hydrogens is 373 g/mol. The number of fused-ring (bicyclic) bond motifs is 1. The van der Waals surface area contributed by atoms with Gasteiger partial charge in [0.25, 0.3) is 0 Å². The predicted octanol–water partition coefficient (Wildman–Crippen LogP) is 3.75. The van der Waals surface area contributed by atoms with E-state index in [1.807, 2.05) is 6.92 Å².